The molecule has 0 saturated heterocycles. The van der Waals surface area contributed by atoms with E-state index in [9.17, 15) is 10.1 Å². The van der Waals surface area contributed by atoms with E-state index in [0.29, 0.717) is 28.8 Å². The van der Waals surface area contributed by atoms with Crippen LogP contribution in [0, 0.1) is 17.0 Å². The van der Waals surface area contributed by atoms with E-state index in [0.717, 1.165) is 5.56 Å². The standard InChI is InChI=1S/C18H24N2.C15H15N3O4/c1-14(15-6-10-17(11-7-15)19(2)3)16-8-12-18(13-9-16)20(4)5;1-10-8-15(22-3)13(9-14(10)21-2)17-16-11-4-6-12(7-5-11)18(19)20/h6-14H,1-5H3;4-9H,1-3H3. The molecular formula is C33H39N5O4. The lowest BCUT2D eigenvalue weighted by atomic mass is 9.93. The average molecular weight is 570 g/mol. The Labute approximate surface area is 248 Å². The first kappa shape index (κ1) is 31.6. The predicted octanol–water partition coefficient (Wildman–Crippen LogP) is 8.31. The van der Waals surface area contributed by atoms with Crippen molar-refractivity contribution < 1.29 is 14.4 Å². The number of rotatable bonds is 9. The molecule has 0 aromatic heterocycles. The van der Waals surface area contributed by atoms with E-state index in [4.69, 9.17) is 9.47 Å². The monoisotopic (exact) mass is 569 g/mol. The SMILES string of the molecule is CC(c1ccc(N(C)C)cc1)c1ccc(N(C)C)cc1.COc1cc(N=Nc2ccc([N+](=O)[O-])cc2)c(OC)cc1C. The first-order valence-electron chi connectivity index (χ1n) is 13.5. The molecule has 9 nitrogen and oxygen atoms in total. The largest absolute Gasteiger partial charge is 0.496 e. The highest BCUT2D eigenvalue weighted by atomic mass is 16.6. The van der Waals surface area contributed by atoms with Crippen LogP contribution in [-0.4, -0.2) is 47.3 Å². The van der Waals surface area contributed by atoms with Crippen molar-refractivity contribution in [1.29, 1.82) is 0 Å². The Bertz CT molecular complexity index is 1430. The Kier molecular flexibility index (Phi) is 11.0. The number of hydrogen-bond donors (Lipinski definition) is 0. The molecule has 0 N–H and O–H groups in total. The molecule has 0 aliphatic rings. The lowest BCUT2D eigenvalue weighted by Crippen LogP contribution is -2.09. The number of ether oxygens (including phenoxy) is 2. The number of non-ortho nitro benzene ring substituents is 1. The fraction of sp³-hybridized carbons (Fsp3) is 0.273. The molecule has 0 aliphatic heterocycles. The van der Waals surface area contributed by atoms with E-state index < -0.39 is 4.92 Å². The van der Waals surface area contributed by atoms with Gasteiger partial charge in [-0.05, 0) is 66.1 Å². The molecule has 4 aromatic rings. The van der Waals surface area contributed by atoms with Gasteiger partial charge < -0.3 is 19.3 Å². The molecule has 4 aromatic carbocycles. The molecule has 0 spiro atoms. The number of nitro benzene ring substituents is 1. The number of nitrogens with zero attached hydrogens (tertiary/aromatic N) is 5. The Morgan fingerprint density at radius 2 is 1.19 bits per heavy atom. The van der Waals surface area contributed by atoms with Crippen LogP contribution >= 0.6 is 0 Å². The molecule has 220 valence electrons. The van der Waals surface area contributed by atoms with Crippen molar-refractivity contribution in [2.45, 2.75) is 19.8 Å². The molecule has 0 amide bonds. The Morgan fingerprint density at radius 1 is 0.714 bits per heavy atom. The summed E-state index contributed by atoms with van der Waals surface area (Å²) in [5, 5.41) is 18.8. The van der Waals surface area contributed by atoms with E-state index >= 15 is 0 Å². The van der Waals surface area contributed by atoms with Crippen LogP contribution in [-0.2, 0) is 0 Å². The molecule has 0 heterocycles. The molecule has 0 unspecified atom stereocenters. The molecule has 9 heteroatoms. The molecule has 0 atom stereocenters. The summed E-state index contributed by atoms with van der Waals surface area (Å²) >= 11 is 0. The van der Waals surface area contributed by atoms with Crippen LogP contribution in [0.1, 0.15) is 29.5 Å². The first-order chi connectivity index (χ1) is 20.0. The van der Waals surface area contributed by atoms with Crippen molar-refractivity contribution in [3.63, 3.8) is 0 Å². The molecular weight excluding hydrogens is 530 g/mol. The van der Waals surface area contributed by atoms with Crippen LogP contribution in [0.25, 0.3) is 0 Å². The molecule has 0 radical (unpaired) electrons. The van der Waals surface area contributed by atoms with Crippen molar-refractivity contribution in [2.24, 2.45) is 10.2 Å². The van der Waals surface area contributed by atoms with E-state index in [1.807, 2.05) is 13.0 Å². The smallest absolute Gasteiger partial charge is 0.269 e. The number of nitro groups is 1. The Hall–Kier alpha value is -4.92. The number of methoxy groups -OCH3 is 2. The maximum absolute atomic E-state index is 10.6. The molecule has 42 heavy (non-hydrogen) atoms. The van der Waals surface area contributed by atoms with Crippen LogP contribution in [0.5, 0.6) is 11.5 Å². The maximum atomic E-state index is 10.6. The Balaban J connectivity index is 0.000000231. The van der Waals surface area contributed by atoms with Gasteiger partial charge in [-0.25, -0.2) is 0 Å². The zero-order valence-corrected chi connectivity index (χ0v) is 25.5. The summed E-state index contributed by atoms with van der Waals surface area (Å²) in [7, 11) is 11.4. The average Bonchev–Trinajstić information content (AvgIpc) is 3.00. The number of benzene rings is 4. The second-order valence-corrected chi connectivity index (χ2v) is 10.2. The van der Waals surface area contributed by atoms with Crippen molar-refractivity contribution in [3.8, 4) is 11.5 Å². The van der Waals surface area contributed by atoms with Gasteiger partial charge in [0.25, 0.3) is 5.69 Å². The van der Waals surface area contributed by atoms with Gasteiger partial charge in [0.05, 0.1) is 24.8 Å². The third-order valence-electron chi connectivity index (χ3n) is 6.85. The van der Waals surface area contributed by atoms with Gasteiger partial charge in [0.1, 0.15) is 17.2 Å². The summed E-state index contributed by atoms with van der Waals surface area (Å²) in [4.78, 5) is 14.4. The highest BCUT2D eigenvalue weighted by molar-refractivity contribution is 5.59. The van der Waals surface area contributed by atoms with Crippen LogP contribution < -0.4 is 19.3 Å². The summed E-state index contributed by atoms with van der Waals surface area (Å²) in [6.07, 6.45) is 0. The van der Waals surface area contributed by atoms with E-state index in [2.05, 4.69) is 104 Å². The van der Waals surface area contributed by atoms with Gasteiger partial charge >= 0.3 is 0 Å². The van der Waals surface area contributed by atoms with Crippen LogP contribution in [0.2, 0.25) is 0 Å². The number of anilines is 2. The first-order valence-corrected chi connectivity index (χ1v) is 13.5. The van der Waals surface area contributed by atoms with Crippen LogP contribution in [0.15, 0.2) is 95.2 Å². The van der Waals surface area contributed by atoms with E-state index in [-0.39, 0.29) is 5.69 Å². The fourth-order valence-corrected chi connectivity index (χ4v) is 4.18. The van der Waals surface area contributed by atoms with E-state index in [1.165, 1.54) is 46.8 Å². The number of aryl methyl sites for hydroxylation is 1. The highest BCUT2D eigenvalue weighted by Crippen LogP contribution is 2.35. The van der Waals surface area contributed by atoms with Crippen molar-refractivity contribution >= 4 is 28.4 Å². The number of hydrogen-bond acceptors (Lipinski definition) is 8. The fourth-order valence-electron chi connectivity index (χ4n) is 4.18. The minimum absolute atomic E-state index is 0.00790. The van der Waals surface area contributed by atoms with Crippen molar-refractivity contribution in [1.82, 2.24) is 0 Å². The summed E-state index contributed by atoms with van der Waals surface area (Å²) in [5.41, 5.74) is 7.15. The normalized spacial score (nSPS) is 10.7. The zero-order chi connectivity index (χ0) is 30.8. The third-order valence-corrected chi connectivity index (χ3v) is 6.85. The number of azo groups is 1. The van der Waals surface area contributed by atoms with Crippen LogP contribution in [0.4, 0.5) is 28.4 Å². The zero-order valence-electron chi connectivity index (χ0n) is 25.5. The summed E-state index contributed by atoms with van der Waals surface area (Å²) in [6.45, 7) is 4.16. The van der Waals surface area contributed by atoms with Gasteiger partial charge in [-0.15, -0.1) is 5.11 Å². The van der Waals surface area contributed by atoms with Crippen molar-refractivity contribution in [2.75, 3.05) is 52.2 Å². The molecule has 0 aliphatic carbocycles. The molecule has 0 saturated carbocycles. The highest BCUT2D eigenvalue weighted by Gasteiger charge is 2.10. The van der Waals surface area contributed by atoms with Gasteiger partial charge in [0.2, 0.25) is 0 Å². The predicted molar refractivity (Wildman–Crippen MR) is 171 cm³/mol. The maximum Gasteiger partial charge on any atom is 0.269 e. The van der Waals surface area contributed by atoms with Gasteiger partial charge in [-0.2, -0.15) is 5.11 Å². The van der Waals surface area contributed by atoms with Crippen molar-refractivity contribution in [3.05, 3.63) is 112 Å². The van der Waals surface area contributed by atoms with E-state index in [1.54, 1.807) is 20.3 Å². The molecule has 4 rings (SSSR count). The van der Waals surface area contributed by atoms with Crippen LogP contribution in [0.3, 0.4) is 0 Å². The molecule has 0 fully saturated rings. The Morgan fingerprint density at radius 3 is 1.60 bits per heavy atom. The second kappa shape index (κ2) is 14.6. The lowest BCUT2D eigenvalue weighted by molar-refractivity contribution is -0.384. The summed E-state index contributed by atoms with van der Waals surface area (Å²) < 4.78 is 10.5. The van der Waals surface area contributed by atoms with Gasteiger partial charge in [-0.1, -0.05) is 31.2 Å². The van der Waals surface area contributed by atoms with Gasteiger partial charge in [-0.3, -0.25) is 10.1 Å². The second-order valence-electron chi connectivity index (χ2n) is 10.2. The molecule has 0 bridgehead atoms. The summed E-state index contributed by atoms with van der Waals surface area (Å²) in [6, 6.07) is 27.0. The quantitative estimate of drug-likeness (QED) is 0.114. The minimum atomic E-state index is -0.464. The minimum Gasteiger partial charge on any atom is -0.496 e. The van der Waals surface area contributed by atoms with Gasteiger partial charge in [0.15, 0.2) is 0 Å². The lowest BCUT2D eigenvalue weighted by Gasteiger charge is -2.17. The third kappa shape index (κ3) is 8.30. The topological polar surface area (TPSA) is 92.8 Å². The van der Waals surface area contributed by atoms with Gasteiger partial charge in [0, 0.05) is 63.7 Å². The summed E-state index contributed by atoms with van der Waals surface area (Å²) in [5.74, 6) is 1.67.